The van der Waals surface area contributed by atoms with Crippen LogP contribution in [0.25, 0.3) is 0 Å². The van der Waals surface area contributed by atoms with Crippen LogP contribution in [-0.4, -0.2) is 25.8 Å². The molecule has 0 aromatic carbocycles. The summed E-state index contributed by atoms with van der Waals surface area (Å²) in [5, 5.41) is 3.74. The van der Waals surface area contributed by atoms with Gasteiger partial charge in [0.15, 0.2) is 0 Å². The molecule has 1 aliphatic rings. The molecule has 0 saturated carbocycles. The summed E-state index contributed by atoms with van der Waals surface area (Å²) in [6.07, 6.45) is 9.35. The van der Waals surface area contributed by atoms with Gasteiger partial charge in [0.1, 0.15) is 0 Å². The van der Waals surface area contributed by atoms with Crippen molar-refractivity contribution in [1.29, 1.82) is 0 Å². The molecule has 1 aliphatic heterocycles. The molecule has 2 atom stereocenters. The van der Waals surface area contributed by atoms with E-state index in [9.17, 15) is 0 Å². The maximum absolute atomic E-state index is 5.50. The molecular formula is C16H33NO. The monoisotopic (exact) mass is 255 g/mol. The van der Waals surface area contributed by atoms with E-state index in [0.29, 0.717) is 0 Å². The molecule has 1 N–H and O–H groups in total. The maximum Gasteiger partial charge on any atom is 0.0469 e. The molecule has 1 fully saturated rings. The van der Waals surface area contributed by atoms with Gasteiger partial charge in [0, 0.05) is 19.3 Å². The number of hydrogen-bond acceptors (Lipinski definition) is 2. The van der Waals surface area contributed by atoms with Gasteiger partial charge in [-0.3, -0.25) is 0 Å². The Bertz CT molecular complexity index is 190. The lowest BCUT2D eigenvalue weighted by Gasteiger charge is -2.33. The molecule has 0 aliphatic carbocycles. The highest BCUT2D eigenvalue weighted by molar-refractivity contribution is 4.80. The molecule has 18 heavy (non-hydrogen) atoms. The van der Waals surface area contributed by atoms with Crippen LogP contribution in [0, 0.1) is 11.8 Å². The van der Waals surface area contributed by atoms with Crippen molar-refractivity contribution in [3.63, 3.8) is 0 Å². The fraction of sp³-hybridized carbons (Fsp3) is 1.00. The number of unbranched alkanes of at least 4 members (excludes halogenated alkanes) is 1. The van der Waals surface area contributed by atoms with E-state index in [1.165, 1.54) is 44.9 Å². The van der Waals surface area contributed by atoms with Crippen LogP contribution in [0.3, 0.4) is 0 Å². The minimum absolute atomic E-state index is 0.723. The van der Waals surface area contributed by atoms with E-state index in [2.05, 4.69) is 26.1 Å². The molecule has 1 rings (SSSR count). The van der Waals surface area contributed by atoms with Crippen molar-refractivity contribution in [3.8, 4) is 0 Å². The first-order valence-electron chi connectivity index (χ1n) is 8.12. The summed E-state index contributed by atoms with van der Waals surface area (Å²) in [4.78, 5) is 0. The van der Waals surface area contributed by atoms with Gasteiger partial charge in [-0.05, 0) is 37.6 Å². The Morgan fingerprint density at radius 2 is 1.89 bits per heavy atom. The first kappa shape index (κ1) is 16.0. The van der Waals surface area contributed by atoms with Crippen LogP contribution < -0.4 is 5.32 Å². The highest BCUT2D eigenvalue weighted by Gasteiger charge is 2.25. The fourth-order valence-electron chi connectivity index (χ4n) is 3.16. The summed E-state index contributed by atoms with van der Waals surface area (Å²) < 4.78 is 5.50. The molecule has 108 valence electrons. The summed E-state index contributed by atoms with van der Waals surface area (Å²) in [5.74, 6) is 1.76. The van der Waals surface area contributed by atoms with Crippen LogP contribution in [0.15, 0.2) is 0 Å². The lowest BCUT2D eigenvalue weighted by molar-refractivity contribution is 0.0499. The van der Waals surface area contributed by atoms with Crippen molar-refractivity contribution < 1.29 is 4.74 Å². The van der Waals surface area contributed by atoms with E-state index in [1.807, 2.05) is 0 Å². The van der Waals surface area contributed by atoms with E-state index in [1.54, 1.807) is 0 Å². The van der Waals surface area contributed by atoms with Gasteiger partial charge in [0.05, 0.1) is 0 Å². The predicted molar refractivity (Wildman–Crippen MR) is 78.9 cm³/mol. The minimum Gasteiger partial charge on any atom is -0.381 e. The van der Waals surface area contributed by atoms with E-state index in [-0.39, 0.29) is 0 Å². The average Bonchev–Trinajstić information content (AvgIpc) is 2.43. The van der Waals surface area contributed by atoms with E-state index < -0.39 is 0 Å². The molecule has 0 amide bonds. The molecule has 1 saturated heterocycles. The smallest absolute Gasteiger partial charge is 0.0469 e. The second kappa shape index (κ2) is 9.80. The van der Waals surface area contributed by atoms with Gasteiger partial charge in [-0.1, -0.05) is 46.5 Å². The van der Waals surface area contributed by atoms with Gasteiger partial charge in [0.25, 0.3) is 0 Å². The number of nitrogens with one attached hydrogen (secondary N) is 1. The van der Waals surface area contributed by atoms with Gasteiger partial charge >= 0.3 is 0 Å². The maximum atomic E-state index is 5.50. The van der Waals surface area contributed by atoms with Crippen molar-refractivity contribution in [1.82, 2.24) is 5.32 Å². The van der Waals surface area contributed by atoms with Crippen LogP contribution in [0.5, 0.6) is 0 Å². The second-order valence-electron chi connectivity index (χ2n) is 5.77. The van der Waals surface area contributed by atoms with Gasteiger partial charge in [0.2, 0.25) is 0 Å². The Morgan fingerprint density at radius 1 is 1.17 bits per heavy atom. The van der Waals surface area contributed by atoms with Crippen LogP contribution in [0.1, 0.15) is 65.7 Å². The normalized spacial score (nSPS) is 20.8. The summed E-state index contributed by atoms with van der Waals surface area (Å²) in [7, 11) is 0. The molecule has 0 spiro atoms. The van der Waals surface area contributed by atoms with E-state index >= 15 is 0 Å². The highest BCUT2D eigenvalue weighted by Crippen LogP contribution is 2.26. The third-order valence-corrected chi connectivity index (χ3v) is 4.43. The van der Waals surface area contributed by atoms with Crippen molar-refractivity contribution in [3.05, 3.63) is 0 Å². The van der Waals surface area contributed by atoms with Crippen LogP contribution in [-0.2, 0) is 4.74 Å². The number of hydrogen-bond donors (Lipinski definition) is 1. The Hall–Kier alpha value is -0.0800. The fourth-order valence-corrected chi connectivity index (χ4v) is 3.16. The van der Waals surface area contributed by atoms with Crippen LogP contribution in [0.2, 0.25) is 0 Å². The summed E-state index contributed by atoms with van der Waals surface area (Å²) in [6, 6.07) is 0.723. The summed E-state index contributed by atoms with van der Waals surface area (Å²) in [6.45, 7) is 9.93. The van der Waals surface area contributed by atoms with Crippen molar-refractivity contribution in [2.45, 2.75) is 71.8 Å². The zero-order valence-electron chi connectivity index (χ0n) is 12.7. The Labute approximate surface area is 114 Å². The van der Waals surface area contributed by atoms with Gasteiger partial charge < -0.3 is 10.1 Å². The molecule has 0 bridgehead atoms. The average molecular weight is 255 g/mol. The first-order chi connectivity index (χ1) is 8.81. The third-order valence-electron chi connectivity index (χ3n) is 4.43. The standard InChI is InChI=1S/C16H33NO/c1-4-7-8-14(5-2)13-16(17-6-3)15-9-11-18-12-10-15/h14-17H,4-13H2,1-3H3. The van der Waals surface area contributed by atoms with Crippen molar-refractivity contribution >= 4 is 0 Å². The number of ether oxygens (including phenoxy) is 1. The Balaban J connectivity index is 2.43. The molecule has 2 nitrogen and oxygen atoms in total. The second-order valence-corrected chi connectivity index (χ2v) is 5.77. The zero-order valence-corrected chi connectivity index (χ0v) is 12.7. The summed E-state index contributed by atoms with van der Waals surface area (Å²) >= 11 is 0. The van der Waals surface area contributed by atoms with E-state index in [4.69, 9.17) is 4.74 Å². The largest absolute Gasteiger partial charge is 0.381 e. The molecule has 1 heterocycles. The van der Waals surface area contributed by atoms with Crippen LogP contribution >= 0.6 is 0 Å². The predicted octanol–water partition coefficient (Wildman–Crippen LogP) is 4.00. The zero-order chi connectivity index (χ0) is 13.2. The van der Waals surface area contributed by atoms with Gasteiger partial charge in [-0.2, -0.15) is 0 Å². The lowest BCUT2D eigenvalue weighted by atomic mass is 9.83. The van der Waals surface area contributed by atoms with Gasteiger partial charge in [-0.25, -0.2) is 0 Å². The van der Waals surface area contributed by atoms with Gasteiger partial charge in [-0.15, -0.1) is 0 Å². The topological polar surface area (TPSA) is 21.3 Å². The highest BCUT2D eigenvalue weighted by atomic mass is 16.5. The molecule has 0 aromatic rings. The third kappa shape index (κ3) is 5.71. The number of rotatable bonds is 9. The molecule has 0 radical (unpaired) electrons. The first-order valence-corrected chi connectivity index (χ1v) is 8.12. The van der Waals surface area contributed by atoms with Crippen molar-refractivity contribution in [2.24, 2.45) is 11.8 Å². The molecule has 2 heteroatoms. The minimum atomic E-state index is 0.723. The molecular weight excluding hydrogens is 222 g/mol. The Kier molecular flexibility index (Phi) is 8.70. The SMILES string of the molecule is CCCCC(CC)CC(NCC)C1CCOCC1. The molecule has 0 aromatic heterocycles. The van der Waals surface area contributed by atoms with Crippen LogP contribution in [0.4, 0.5) is 0 Å². The Morgan fingerprint density at radius 3 is 2.44 bits per heavy atom. The molecule has 2 unspecified atom stereocenters. The van der Waals surface area contributed by atoms with E-state index in [0.717, 1.165) is 37.6 Å². The quantitative estimate of drug-likeness (QED) is 0.672. The summed E-state index contributed by atoms with van der Waals surface area (Å²) in [5.41, 5.74) is 0. The van der Waals surface area contributed by atoms with Crippen molar-refractivity contribution in [2.75, 3.05) is 19.8 Å². The lowest BCUT2D eigenvalue weighted by Crippen LogP contribution is -2.40.